The lowest BCUT2D eigenvalue weighted by molar-refractivity contribution is 0.340. The second kappa shape index (κ2) is 6.76. The summed E-state index contributed by atoms with van der Waals surface area (Å²) in [7, 11) is 0. The molecule has 0 aliphatic heterocycles. The van der Waals surface area contributed by atoms with Crippen LogP contribution in [-0.4, -0.2) is 27.7 Å². The van der Waals surface area contributed by atoms with Crippen molar-refractivity contribution in [1.82, 2.24) is 14.9 Å². The number of hydrogen-bond donors (Lipinski definition) is 1. The Balaban J connectivity index is 2.19. The Labute approximate surface area is 143 Å². The fraction of sp³-hybridized carbons (Fsp3) is 0.176. The number of nitrogens with one attached hydrogen (secondary N) is 1. The summed E-state index contributed by atoms with van der Waals surface area (Å²) >= 11 is 5.09. The van der Waals surface area contributed by atoms with Crippen LogP contribution in [0.25, 0.3) is 10.8 Å². The summed E-state index contributed by atoms with van der Waals surface area (Å²) in [6.07, 6.45) is 1.60. The highest BCUT2D eigenvalue weighted by atomic mass is 32.1. The number of hydrogen-bond acceptors (Lipinski definition) is 5. The van der Waals surface area contributed by atoms with Gasteiger partial charge in [-0.05, 0) is 42.9 Å². The summed E-state index contributed by atoms with van der Waals surface area (Å²) < 4.78 is 6.95. The summed E-state index contributed by atoms with van der Waals surface area (Å²) in [4.78, 5) is 12.2. The van der Waals surface area contributed by atoms with Crippen LogP contribution in [0.3, 0.4) is 0 Å². The number of H-pyrrole nitrogens is 1. The highest BCUT2D eigenvalue weighted by Gasteiger charge is 2.07. The van der Waals surface area contributed by atoms with Crippen molar-refractivity contribution >= 4 is 29.2 Å². The minimum Gasteiger partial charge on any atom is -0.493 e. The standard InChI is InChI=1S/C17H16N4O2S/c1-3-23-15-9-8-12-6-4-5-7-13(12)14(15)10-18-21-16(22)11(2)19-20-17(21)24/h4-10H,3H2,1-2H3,(H,20,24)/b18-10+. The first-order chi connectivity index (χ1) is 11.6. The molecular weight excluding hydrogens is 324 g/mol. The number of rotatable bonds is 4. The number of ether oxygens (including phenoxy) is 1. The molecule has 0 saturated carbocycles. The van der Waals surface area contributed by atoms with E-state index in [4.69, 9.17) is 17.0 Å². The van der Waals surface area contributed by atoms with Gasteiger partial charge in [-0.2, -0.15) is 14.9 Å². The summed E-state index contributed by atoms with van der Waals surface area (Å²) in [5, 5.41) is 12.7. The first kappa shape index (κ1) is 16.1. The maximum Gasteiger partial charge on any atom is 0.296 e. The van der Waals surface area contributed by atoms with Crippen LogP contribution in [0.2, 0.25) is 0 Å². The van der Waals surface area contributed by atoms with Crippen LogP contribution < -0.4 is 10.3 Å². The van der Waals surface area contributed by atoms with Gasteiger partial charge in [-0.25, -0.2) is 0 Å². The van der Waals surface area contributed by atoms with Gasteiger partial charge in [-0.3, -0.25) is 9.89 Å². The molecule has 0 aliphatic carbocycles. The number of aromatic nitrogens is 3. The van der Waals surface area contributed by atoms with Crippen LogP contribution >= 0.6 is 12.2 Å². The van der Waals surface area contributed by atoms with Crippen LogP contribution in [0.1, 0.15) is 18.2 Å². The predicted octanol–water partition coefficient (Wildman–Crippen LogP) is 3.04. The van der Waals surface area contributed by atoms with E-state index in [9.17, 15) is 4.79 Å². The molecular formula is C17H16N4O2S. The minimum absolute atomic E-state index is 0.139. The number of nitrogens with zero attached hydrogens (tertiary/aromatic N) is 3. The Kier molecular flexibility index (Phi) is 4.52. The van der Waals surface area contributed by atoms with Gasteiger partial charge in [0.25, 0.3) is 5.56 Å². The number of aryl methyl sites for hydroxylation is 1. The lowest BCUT2D eigenvalue weighted by Gasteiger charge is -2.10. The van der Waals surface area contributed by atoms with E-state index in [0.29, 0.717) is 18.1 Å². The van der Waals surface area contributed by atoms with Gasteiger partial charge in [0.2, 0.25) is 4.77 Å². The zero-order chi connectivity index (χ0) is 17.1. The largest absolute Gasteiger partial charge is 0.493 e. The van der Waals surface area contributed by atoms with Gasteiger partial charge in [-0.1, -0.05) is 30.3 Å². The third-order valence-corrected chi connectivity index (χ3v) is 3.81. The lowest BCUT2D eigenvalue weighted by atomic mass is 10.0. The normalized spacial score (nSPS) is 11.2. The van der Waals surface area contributed by atoms with Crippen molar-refractivity contribution in [3.05, 3.63) is 62.8 Å². The van der Waals surface area contributed by atoms with Crippen molar-refractivity contribution in [1.29, 1.82) is 0 Å². The number of benzene rings is 2. The summed E-state index contributed by atoms with van der Waals surface area (Å²) in [5.74, 6) is 0.702. The van der Waals surface area contributed by atoms with Gasteiger partial charge in [0.05, 0.1) is 12.8 Å². The van der Waals surface area contributed by atoms with E-state index in [1.165, 1.54) is 0 Å². The van der Waals surface area contributed by atoms with Crippen molar-refractivity contribution in [3.8, 4) is 5.75 Å². The zero-order valence-electron chi connectivity index (χ0n) is 13.3. The van der Waals surface area contributed by atoms with Crippen LogP contribution in [0.5, 0.6) is 5.75 Å². The molecule has 0 saturated heterocycles. The SMILES string of the molecule is CCOc1ccc2ccccc2c1/C=N/n1c(=S)[nH]nc(C)c1=O. The Morgan fingerprint density at radius 2 is 2.12 bits per heavy atom. The summed E-state index contributed by atoms with van der Waals surface area (Å²) in [6.45, 7) is 4.06. The molecule has 3 rings (SSSR count). The van der Waals surface area contributed by atoms with Gasteiger partial charge in [-0.15, -0.1) is 0 Å². The molecule has 0 unspecified atom stereocenters. The molecule has 24 heavy (non-hydrogen) atoms. The van der Waals surface area contributed by atoms with E-state index in [-0.39, 0.29) is 10.3 Å². The average Bonchev–Trinajstić information content (AvgIpc) is 2.59. The molecule has 0 spiro atoms. The van der Waals surface area contributed by atoms with Crippen LogP contribution in [0.15, 0.2) is 46.3 Å². The third-order valence-electron chi connectivity index (χ3n) is 3.55. The molecule has 1 N–H and O–H groups in total. The van der Waals surface area contributed by atoms with Crippen molar-refractivity contribution in [2.45, 2.75) is 13.8 Å². The van der Waals surface area contributed by atoms with Crippen molar-refractivity contribution in [2.75, 3.05) is 6.61 Å². The molecule has 122 valence electrons. The fourth-order valence-corrected chi connectivity index (χ4v) is 2.56. The lowest BCUT2D eigenvalue weighted by Crippen LogP contribution is -2.22. The second-order valence-electron chi connectivity index (χ2n) is 5.11. The Bertz CT molecular complexity index is 1040. The average molecular weight is 340 g/mol. The Hall–Kier alpha value is -2.80. The monoisotopic (exact) mass is 340 g/mol. The van der Waals surface area contributed by atoms with E-state index >= 15 is 0 Å². The maximum atomic E-state index is 12.2. The van der Waals surface area contributed by atoms with Crippen molar-refractivity contribution < 1.29 is 4.74 Å². The molecule has 0 amide bonds. The van der Waals surface area contributed by atoms with Crippen molar-refractivity contribution in [3.63, 3.8) is 0 Å². The van der Waals surface area contributed by atoms with Crippen LogP contribution in [-0.2, 0) is 0 Å². The summed E-state index contributed by atoms with van der Waals surface area (Å²) in [6, 6.07) is 11.8. The molecule has 7 heteroatoms. The molecule has 0 fully saturated rings. The Morgan fingerprint density at radius 1 is 1.33 bits per heavy atom. The van der Waals surface area contributed by atoms with E-state index in [2.05, 4.69) is 15.3 Å². The van der Waals surface area contributed by atoms with Crippen LogP contribution in [0, 0.1) is 11.7 Å². The van der Waals surface area contributed by atoms with E-state index in [1.54, 1.807) is 13.1 Å². The second-order valence-corrected chi connectivity index (χ2v) is 5.49. The van der Waals surface area contributed by atoms with Gasteiger partial charge in [0.1, 0.15) is 11.4 Å². The fourth-order valence-electron chi connectivity index (χ4n) is 2.38. The molecule has 1 aromatic heterocycles. The molecule has 2 aromatic carbocycles. The first-order valence-electron chi connectivity index (χ1n) is 7.49. The molecule has 0 bridgehead atoms. The van der Waals surface area contributed by atoms with Gasteiger partial charge < -0.3 is 4.74 Å². The maximum absolute atomic E-state index is 12.2. The first-order valence-corrected chi connectivity index (χ1v) is 7.90. The molecule has 6 nitrogen and oxygen atoms in total. The summed E-state index contributed by atoms with van der Waals surface area (Å²) in [5.41, 5.74) is 0.739. The quantitative estimate of drug-likeness (QED) is 0.585. The zero-order valence-corrected chi connectivity index (χ0v) is 14.1. The highest BCUT2D eigenvalue weighted by Crippen LogP contribution is 2.26. The van der Waals surface area contributed by atoms with Gasteiger partial charge in [0.15, 0.2) is 0 Å². The molecule has 1 heterocycles. The molecule has 0 atom stereocenters. The van der Waals surface area contributed by atoms with E-state index in [0.717, 1.165) is 21.0 Å². The molecule has 3 aromatic rings. The topological polar surface area (TPSA) is 72.3 Å². The third kappa shape index (κ3) is 2.98. The van der Waals surface area contributed by atoms with E-state index in [1.807, 2.05) is 43.3 Å². The van der Waals surface area contributed by atoms with Crippen LogP contribution in [0.4, 0.5) is 0 Å². The van der Waals surface area contributed by atoms with Crippen molar-refractivity contribution in [2.24, 2.45) is 5.10 Å². The molecule has 0 aliphatic rings. The predicted molar refractivity (Wildman–Crippen MR) is 96.5 cm³/mol. The van der Waals surface area contributed by atoms with E-state index < -0.39 is 0 Å². The smallest absolute Gasteiger partial charge is 0.296 e. The van der Waals surface area contributed by atoms with Gasteiger partial charge >= 0.3 is 0 Å². The Morgan fingerprint density at radius 3 is 2.92 bits per heavy atom. The van der Waals surface area contributed by atoms with Gasteiger partial charge in [0, 0.05) is 5.56 Å². The molecule has 0 radical (unpaired) electrons. The highest BCUT2D eigenvalue weighted by molar-refractivity contribution is 7.71. The minimum atomic E-state index is -0.354. The number of fused-ring (bicyclic) bond motifs is 1. The number of aromatic amines is 1.